The van der Waals surface area contributed by atoms with Gasteiger partial charge in [0.1, 0.15) is 43.8 Å². The number of halogens is 7. The molecule has 0 radical (unpaired) electrons. The molecule has 2 aromatic rings. The van der Waals surface area contributed by atoms with Gasteiger partial charge in [-0.2, -0.15) is 40.0 Å². The molecular formula is C29H35F7NO7+. The van der Waals surface area contributed by atoms with Gasteiger partial charge in [-0.15, -0.1) is 0 Å². The molecule has 2 rings (SSSR count). The molecule has 3 atom stereocenters. The highest BCUT2D eigenvalue weighted by molar-refractivity contribution is 5.82. The molecule has 15 heteroatoms. The number of quaternary nitrogens is 1. The predicted octanol–water partition coefficient (Wildman–Crippen LogP) is 6.85. The molecule has 0 bridgehead atoms. The van der Waals surface area contributed by atoms with Crippen LogP contribution in [-0.2, 0) is 25.4 Å². The molecule has 0 spiro atoms. The molecule has 1 N–H and O–H groups in total. The Morgan fingerprint density at radius 1 is 0.886 bits per heavy atom. The Kier molecular flexibility index (Phi) is 13.0. The van der Waals surface area contributed by atoms with Crippen LogP contribution in [0.15, 0.2) is 54.6 Å². The summed E-state index contributed by atoms with van der Waals surface area (Å²) in [5.41, 5.74) is 0.781. The number of ether oxygens (including phenoxy) is 4. The van der Waals surface area contributed by atoms with Gasteiger partial charge < -0.3 is 24.1 Å². The zero-order chi connectivity index (χ0) is 33.2. The third-order valence-corrected chi connectivity index (χ3v) is 6.68. The van der Waals surface area contributed by atoms with Crippen LogP contribution in [0.25, 0.3) is 0 Å². The number of alkyl halides is 7. The molecule has 0 aromatic heterocycles. The second-order valence-corrected chi connectivity index (χ2v) is 9.77. The van der Waals surface area contributed by atoms with Gasteiger partial charge >= 0.3 is 30.3 Å². The molecule has 0 fully saturated rings. The molecular weight excluding hydrogens is 607 g/mol. The minimum Gasteiger partial charge on any atom is -0.488 e. The first kappa shape index (κ1) is 36.8. The Morgan fingerprint density at radius 3 is 2.00 bits per heavy atom. The molecule has 0 aliphatic heterocycles. The van der Waals surface area contributed by atoms with Crippen molar-refractivity contribution >= 4 is 17.7 Å². The van der Waals surface area contributed by atoms with Gasteiger partial charge in [-0.1, -0.05) is 37.3 Å². The number of carboxylic acid groups (broad SMARTS) is 1. The summed E-state index contributed by atoms with van der Waals surface area (Å²) < 4.78 is 112. The highest BCUT2D eigenvalue weighted by Gasteiger charge is 2.74. The normalized spacial score (nSPS) is 15.2. The van der Waals surface area contributed by atoms with Crippen LogP contribution in [0.4, 0.5) is 41.2 Å². The van der Waals surface area contributed by atoms with E-state index in [1.54, 1.807) is 39.0 Å². The number of carboxylic acids is 1. The summed E-state index contributed by atoms with van der Waals surface area (Å²) >= 11 is 0. The first-order valence-corrected chi connectivity index (χ1v) is 13.7. The van der Waals surface area contributed by atoms with E-state index in [1.165, 1.54) is 36.4 Å². The number of carbonyl (C=O) groups is 2. The second-order valence-electron chi connectivity index (χ2n) is 9.77. The van der Waals surface area contributed by atoms with Crippen molar-refractivity contribution in [3.8, 4) is 5.75 Å². The summed E-state index contributed by atoms with van der Waals surface area (Å²) in [7, 11) is 0. The number of rotatable bonds is 17. The lowest BCUT2D eigenvalue weighted by Crippen LogP contribution is -2.60. The molecule has 8 nitrogen and oxygen atoms in total. The van der Waals surface area contributed by atoms with Crippen LogP contribution >= 0.6 is 0 Å². The molecule has 246 valence electrons. The van der Waals surface area contributed by atoms with Crippen molar-refractivity contribution in [2.24, 2.45) is 0 Å². The topological polar surface area (TPSA) is 91.3 Å². The number of carbonyl (C=O) groups excluding carboxylic acids is 1. The second kappa shape index (κ2) is 15.5. The Morgan fingerprint density at radius 2 is 1.48 bits per heavy atom. The van der Waals surface area contributed by atoms with Gasteiger partial charge in [0.05, 0.1) is 0 Å². The Balaban J connectivity index is 2.31. The van der Waals surface area contributed by atoms with Gasteiger partial charge in [-0.05, 0) is 50.1 Å². The van der Waals surface area contributed by atoms with E-state index < -0.39 is 60.1 Å². The molecule has 0 aliphatic rings. The highest BCUT2D eigenvalue weighted by atomic mass is 19.4. The maximum Gasteiger partial charge on any atom is 0.521 e. The van der Waals surface area contributed by atoms with Crippen LogP contribution in [0.5, 0.6) is 5.75 Å². The fourth-order valence-electron chi connectivity index (χ4n) is 3.99. The standard InChI is InChI=1S/C29H34F7NO7/c1-4-20(3)44-26(40)37(22-9-7-6-8-10-22,16-18-43-29(35,36)27(30,31)28(32,33)34)15-17-42-23-13-11-21(12-14-23)19-24(25(38)39)41-5-2/h6-14,20,24H,4-5,15-19H2,1-3H3/p+1. The van der Waals surface area contributed by atoms with Crippen molar-refractivity contribution in [3.63, 3.8) is 0 Å². The van der Waals surface area contributed by atoms with Gasteiger partial charge in [-0.25, -0.2) is 4.79 Å². The molecule has 1 amide bonds. The largest absolute Gasteiger partial charge is 0.521 e. The van der Waals surface area contributed by atoms with Gasteiger partial charge in [0.15, 0.2) is 6.10 Å². The van der Waals surface area contributed by atoms with Gasteiger partial charge in [0.25, 0.3) is 0 Å². The summed E-state index contributed by atoms with van der Waals surface area (Å²) in [6.45, 7) is 2.35. The summed E-state index contributed by atoms with van der Waals surface area (Å²) in [4.78, 5) is 24.9. The third kappa shape index (κ3) is 9.29. The van der Waals surface area contributed by atoms with E-state index in [0.717, 1.165) is 0 Å². The molecule has 2 aromatic carbocycles. The summed E-state index contributed by atoms with van der Waals surface area (Å²) in [6, 6.07) is 13.7. The summed E-state index contributed by atoms with van der Waals surface area (Å²) in [5.74, 6) is -7.33. The minimum atomic E-state index is -6.59. The quantitative estimate of drug-likeness (QED) is 0.149. The van der Waals surface area contributed by atoms with E-state index in [4.69, 9.17) is 14.2 Å². The number of amides is 1. The van der Waals surface area contributed by atoms with E-state index >= 15 is 0 Å². The van der Waals surface area contributed by atoms with Crippen molar-refractivity contribution in [2.45, 2.75) is 64.0 Å². The van der Waals surface area contributed by atoms with Crippen LogP contribution in [0.2, 0.25) is 0 Å². The first-order valence-electron chi connectivity index (χ1n) is 13.7. The molecule has 44 heavy (non-hydrogen) atoms. The number of hydrogen-bond acceptors (Lipinski definition) is 6. The van der Waals surface area contributed by atoms with Crippen LogP contribution in [0, 0.1) is 0 Å². The van der Waals surface area contributed by atoms with E-state index in [9.17, 15) is 45.4 Å². The lowest BCUT2D eigenvalue weighted by molar-refractivity contribution is -0.423. The molecule has 0 saturated heterocycles. The van der Waals surface area contributed by atoms with Crippen molar-refractivity contribution in [1.29, 1.82) is 0 Å². The Bertz CT molecular complexity index is 1200. The van der Waals surface area contributed by atoms with Crippen LogP contribution < -0.4 is 9.22 Å². The lowest BCUT2D eigenvalue weighted by atomic mass is 10.1. The monoisotopic (exact) mass is 642 g/mol. The number of hydrogen-bond donors (Lipinski definition) is 1. The van der Waals surface area contributed by atoms with E-state index in [0.29, 0.717) is 12.0 Å². The van der Waals surface area contributed by atoms with Gasteiger partial charge in [-0.3, -0.25) is 0 Å². The van der Waals surface area contributed by atoms with Gasteiger partial charge in [0.2, 0.25) is 0 Å². The van der Waals surface area contributed by atoms with Crippen LogP contribution in [0.1, 0.15) is 32.8 Å². The van der Waals surface area contributed by atoms with Crippen molar-refractivity contribution in [1.82, 2.24) is 4.48 Å². The minimum absolute atomic E-state index is 0.0803. The van der Waals surface area contributed by atoms with E-state index in [2.05, 4.69) is 4.74 Å². The fraction of sp³-hybridized carbons (Fsp3) is 0.517. The van der Waals surface area contributed by atoms with Crippen LogP contribution in [0.3, 0.4) is 0 Å². The molecule has 0 heterocycles. The lowest BCUT2D eigenvalue weighted by Gasteiger charge is -2.35. The highest BCUT2D eigenvalue weighted by Crippen LogP contribution is 2.47. The van der Waals surface area contributed by atoms with E-state index in [-0.39, 0.29) is 37.6 Å². The van der Waals surface area contributed by atoms with Crippen molar-refractivity contribution < 1.29 is 64.4 Å². The number of nitrogens with zero attached hydrogens (tertiary/aromatic N) is 1. The zero-order valence-corrected chi connectivity index (χ0v) is 24.3. The predicted molar refractivity (Wildman–Crippen MR) is 145 cm³/mol. The average molecular weight is 643 g/mol. The maximum atomic E-state index is 13.9. The summed E-state index contributed by atoms with van der Waals surface area (Å²) in [6.07, 6.45) is -14.8. The van der Waals surface area contributed by atoms with E-state index in [1.807, 2.05) is 0 Å². The van der Waals surface area contributed by atoms with Crippen molar-refractivity contribution in [3.05, 3.63) is 60.2 Å². The molecule has 0 saturated carbocycles. The van der Waals surface area contributed by atoms with Crippen LogP contribution in [-0.4, -0.2) is 80.5 Å². The molecule has 3 unspecified atom stereocenters. The number of benzene rings is 2. The molecule has 0 aliphatic carbocycles. The Hall–Kier alpha value is -3.43. The number of aliphatic carboxylic acids is 1. The number of para-hydroxylation sites is 1. The third-order valence-electron chi connectivity index (χ3n) is 6.68. The van der Waals surface area contributed by atoms with Gasteiger partial charge in [0, 0.05) is 13.0 Å². The Labute approximate surface area is 249 Å². The summed E-state index contributed by atoms with van der Waals surface area (Å²) in [5, 5.41) is 9.28. The van der Waals surface area contributed by atoms with Crippen molar-refractivity contribution in [2.75, 3.05) is 32.9 Å². The zero-order valence-electron chi connectivity index (χ0n) is 24.3. The average Bonchev–Trinajstić information content (AvgIpc) is 2.96. The maximum absolute atomic E-state index is 13.9. The first-order chi connectivity index (χ1) is 20.5. The smallest absolute Gasteiger partial charge is 0.488 e. The SMILES string of the molecule is CCOC(Cc1ccc(OCC[N+](CCOC(F)(F)C(F)(F)C(F)(F)F)(C(=O)OC(C)CC)c2ccccc2)cc1)C(=O)O. The fourth-order valence-corrected chi connectivity index (χ4v) is 3.99.